The van der Waals surface area contributed by atoms with Gasteiger partial charge < -0.3 is 21.1 Å². The number of carbonyl (C=O) groups excluding carboxylic acids is 1. The summed E-state index contributed by atoms with van der Waals surface area (Å²) in [6, 6.07) is 6.09. The van der Waals surface area contributed by atoms with Gasteiger partial charge in [0.25, 0.3) is 0 Å². The molecule has 0 spiro atoms. The van der Waals surface area contributed by atoms with Crippen molar-refractivity contribution in [3.63, 3.8) is 0 Å². The van der Waals surface area contributed by atoms with E-state index in [0.29, 0.717) is 10.6 Å². The highest BCUT2D eigenvalue weighted by Crippen LogP contribution is 2.31. The summed E-state index contributed by atoms with van der Waals surface area (Å²) in [7, 11) is 0. The summed E-state index contributed by atoms with van der Waals surface area (Å²) in [5.74, 6) is -0.289. The molecule has 0 atom stereocenters. The number of hydrogen-bond donors (Lipinski definition) is 3. The van der Waals surface area contributed by atoms with Crippen LogP contribution in [-0.4, -0.2) is 39.2 Å². The van der Waals surface area contributed by atoms with Crippen molar-refractivity contribution >= 4 is 56.4 Å². The van der Waals surface area contributed by atoms with Crippen molar-refractivity contribution in [1.82, 2.24) is 14.9 Å². The lowest BCUT2D eigenvalue weighted by atomic mass is 9.91. The molecular weight excluding hydrogens is 551 g/mol. The summed E-state index contributed by atoms with van der Waals surface area (Å²) in [5, 5.41) is 11.3. The molecule has 192 valence electrons. The zero-order valence-corrected chi connectivity index (χ0v) is 22.7. The number of amidine groups is 1. The molecule has 1 saturated carbocycles. The van der Waals surface area contributed by atoms with E-state index < -0.39 is 17.5 Å². The Morgan fingerprint density at radius 1 is 1.25 bits per heavy atom. The maximum Gasteiger partial charge on any atom is 0.407 e. The summed E-state index contributed by atoms with van der Waals surface area (Å²) >= 11 is 9.70. The van der Waals surface area contributed by atoms with Crippen molar-refractivity contribution in [3.05, 3.63) is 57.5 Å². The zero-order valence-electron chi connectivity index (χ0n) is 20.3. The number of nitrogens with two attached hydrogens (primary N) is 1. The number of aliphatic imine (C=N–C) groups is 1. The Morgan fingerprint density at radius 2 is 1.94 bits per heavy atom. The molecule has 1 aromatic carbocycles. The van der Waals surface area contributed by atoms with Crippen molar-refractivity contribution in [2.45, 2.75) is 64.1 Å². The molecule has 8 nitrogen and oxygen atoms in total. The first-order valence-electron chi connectivity index (χ1n) is 11.7. The van der Waals surface area contributed by atoms with E-state index in [2.05, 4.69) is 36.7 Å². The van der Waals surface area contributed by atoms with E-state index in [1.165, 1.54) is 18.2 Å². The lowest BCUT2D eigenvalue weighted by Crippen LogP contribution is -2.42. The maximum atomic E-state index is 13.8. The molecule has 0 unspecified atom stereocenters. The van der Waals surface area contributed by atoms with Crippen LogP contribution in [0, 0.1) is 5.82 Å². The van der Waals surface area contributed by atoms with Crippen molar-refractivity contribution in [2.24, 2.45) is 10.7 Å². The molecule has 0 saturated heterocycles. The molecule has 1 aliphatic carbocycles. The number of aromatic nitrogens is 2. The number of alkyl carbamates (subject to hydrolysis) is 1. The average Bonchev–Trinajstić information content (AvgIpc) is 3.17. The molecule has 2 aromatic heterocycles. The van der Waals surface area contributed by atoms with E-state index in [1.807, 2.05) is 33.0 Å². The fourth-order valence-corrected chi connectivity index (χ4v) is 4.76. The third-order valence-corrected chi connectivity index (χ3v) is 6.58. The Labute approximate surface area is 222 Å². The van der Waals surface area contributed by atoms with Crippen LogP contribution in [0.4, 0.5) is 20.6 Å². The van der Waals surface area contributed by atoms with Gasteiger partial charge in [-0.15, -0.1) is 0 Å². The van der Waals surface area contributed by atoms with Gasteiger partial charge in [0.15, 0.2) is 0 Å². The summed E-state index contributed by atoms with van der Waals surface area (Å²) < 4.78 is 21.7. The molecule has 36 heavy (non-hydrogen) atoms. The number of amides is 1. The van der Waals surface area contributed by atoms with Crippen LogP contribution in [0.5, 0.6) is 0 Å². The van der Waals surface area contributed by atoms with Crippen LogP contribution >= 0.6 is 27.5 Å². The van der Waals surface area contributed by atoms with Gasteiger partial charge in [0.2, 0.25) is 0 Å². The molecular formula is C25H29BrClFN6O2. The molecule has 4 rings (SSSR count). The maximum absolute atomic E-state index is 13.8. The van der Waals surface area contributed by atoms with Crippen LogP contribution in [0.15, 0.2) is 46.1 Å². The van der Waals surface area contributed by atoms with Crippen LogP contribution in [0.3, 0.4) is 0 Å². The van der Waals surface area contributed by atoms with Gasteiger partial charge in [-0.05, 0) is 80.6 Å². The number of anilines is 1. The van der Waals surface area contributed by atoms with E-state index in [-0.39, 0.29) is 23.6 Å². The van der Waals surface area contributed by atoms with E-state index >= 15 is 0 Å². The quantitative estimate of drug-likeness (QED) is 0.247. The minimum Gasteiger partial charge on any atom is -0.444 e. The van der Waals surface area contributed by atoms with Crippen LogP contribution in [0.25, 0.3) is 5.52 Å². The Bertz CT molecular complexity index is 1300. The van der Waals surface area contributed by atoms with Crippen molar-refractivity contribution in [1.29, 1.82) is 0 Å². The largest absolute Gasteiger partial charge is 0.444 e. The van der Waals surface area contributed by atoms with E-state index in [4.69, 9.17) is 22.1 Å². The SMILES string of the molecule is CC(C)(C)OC(=O)NC1CCC(Nc2c(C(N)=Nc3cc(F)ccc3Cl)cnn3cc(Br)cc23)CC1. The second-order valence-corrected chi connectivity index (χ2v) is 11.2. The van der Waals surface area contributed by atoms with Gasteiger partial charge in [0.1, 0.15) is 17.3 Å². The third-order valence-electron chi connectivity index (χ3n) is 5.83. The first-order valence-corrected chi connectivity index (χ1v) is 12.9. The topological polar surface area (TPSA) is 106 Å². The van der Waals surface area contributed by atoms with Crippen molar-refractivity contribution in [3.8, 4) is 0 Å². The summed E-state index contributed by atoms with van der Waals surface area (Å²) in [6.07, 6.45) is 6.37. The highest BCUT2D eigenvalue weighted by Gasteiger charge is 2.26. The molecule has 1 aliphatic rings. The number of benzene rings is 1. The number of halogens is 3. The molecule has 2 heterocycles. The predicted molar refractivity (Wildman–Crippen MR) is 144 cm³/mol. The van der Waals surface area contributed by atoms with E-state index in [9.17, 15) is 9.18 Å². The Balaban J connectivity index is 1.55. The lowest BCUT2D eigenvalue weighted by molar-refractivity contribution is 0.0492. The Kier molecular flexibility index (Phi) is 7.75. The average molecular weight is 580 g/mol. The Hall–Kier alpha value is -2.85. The number of nitrogens with zero attached hydrogens (tertiary/aromatic N) is 3. The van der Waals surface area contributed by atoms with Gasteiger partial charge in [0, 0.05) is 28.8 Å². The fraction of sp³-hybridized carbons (Fsp3) is 0.400. The van der Waals surface area contributed by atoms with Gasteiger partial charge >= 0.3 is 6.09 Å². The number of rotatable bonds is 5. The molecule has 0 bridgehead atoms. The lowest BCUT2D eigenvalue weighted by Gasteiger charge is -2.31. The first-order chi connectivity index (χ1) is 17.0. The van der Waals surface area contributed by atoms with Crippen LogP contribution in [-0.2, 0) is 4.74 Å². The van der Waals surface area contributed by atoms with Crippen LogP contribution < -0.4 is 16.4 Å². The second-order valence-electron chi connectivity index (χ2n) is 9.85. The minimum absolute atomic E-state index is 0.0547. The summed E-state index contributed by atoms with van der Waals surface area (Å²) in [4.78, 5) is 16.5. The number of ether oxygens (including phenoxy) is 1. The number of carbonyl (C=O) groups is 1. The summed E-state index contributed by atoms with van der Waals surface area (Å²) in [5.41, 5.74) is 8.26. The smallest absolute Gasteiger partial charge is 0.407 e. The van der Waals surface area contributed by atoms with Gasteiger partial charge in [-0.25, -0.2) is 18.7 Å². The number of fused-ring (bicyclic) bond motifs is 1. The summed E-state index contributed by atoms with van der Waals surface area (Å²) in [6.45, 7) is 5.53. The molecule has 0 radical (unpaired) electrons. The second kappa shape index (κ2) is 10.6. The minimum atomic E-state index is -0.533. The van der Waals surface area contributed by atoms with Crippen molar-refractivity contribution < 1.29 is 13.9 Å². The van der Waals surface area contributed by atoms with Gasteiger partial charge in [-0.1, -0.05) is 11.6 Å². The van der Waals surface area contributed by atoms with E-state index in [0.717, 1.165) is 41.4 Å². The van der Waals surface area contributed by atoms with E-state index in [1.54, 1.807) is 10.7 Å². The highest BCUT2D eigenvalue weighted by atomic mass is 79.9. The fourth-order valence-electron chi connectivity index (χ4n) is 4.19. The van der Waals surface area contributed by atoms with Gasteiger partial charge in [-0.3, -0.25) is 0 Å². The molecule has 1 fully saturated rings. The van der Waals surface area contributed by atoms with Crippen LogP contribution in [0.2, 0.25) is 5.02 Å². The number of hydrogen-bond acceptors (Lipinski definition) is 5. The molecule has 3 aromatic rings. The molecule has 1 amide bonds. The molecule has 11 heteroatoms. The first kappa shape index (κ1) is 26.2. The standard InChI is InChI=1S/C25H29BrClFN6O2/c1-25(2,3)36-24(35)32-17-7-5-16(6-8-17)31-22-18(12-30-34-13-14(26)10-21(22)34)23(29)33-20-11-15(28)4-9-19(20)27/h4,9-13,16-17,31H,5-8H2,1-3H3,(H2,29,33)(H,32,35). The zero-order chi connectivity index (χ0) is 26.0. The van der Waals surface area contributed by atoms with Crippen molar-refractivity contribution in [2.75, 3.05) is 5.32 Å². The Morgan fingerprint density at radius 3 is 2.64 bits per heavy atom. The normalized spacial score (nSPS) is 18.8. The monoisotopic (exact) mass is 578 g/mol. The number of nitrogens with one attached hydrogen (secondary N) is 2. The highest BCUT2D eigenvalue weighted by molar-refractivity contribution is 9.10. The third kappa shape index (κ3) is 6.47. The molecule has 0 aliphatic heterocycles. The van der Waals surface area contributed by atoms with Gasteiger partial charge in [0.05, 0.1) is 33.7 Å². The van der Waals surface area contributed by atoms with Crippen LogP contribution in [0.1, 0.15) is 52.0 Å². The molecule has 4 N–H and O–H groups in total. The predicted octanol–water partition coefficient (Wildman–Crippen LogP) is 6.17. The van der Waals surface area contributed by atoms with Gasteiger partial charge in [-0.2, -0.15) is 5.10 Å².